The number of hydrogen-bond donors (Lipinski definition) is 1. The molecule has 4 atom stereocenters. The quantitative estimate of drug-likeness (QED) is 0.850. The predicted octanol–water partition coefficient (Wildman–Crippen LogP) is 2.25. The van der Waals surface area contributed by atoms with E-state index in [0.29, 0.717) is 5.92 Å². The molecule has 0 radical (unpaired) electrons. The van der Waals surface area contributed by atoms with Gasteiger partial charge in [0, 0.05) is 5.92 Å². The molecule has 2 aliphatic rings. The van der Waals surface area contributed by atoms with Crippen LogP contribution in [0.1, 0.15) is 56.3 Å². The van der Waals surface area contributed by atoms with E-state index in [9.17, 15) is 0 Å². The van der Waals surface area contributed by atoms with Crippen molar-refractivity contribution in [3.05, 3.63) is 11.7 Å². The molecule has 2 saturated carbocycles. The normalized spacial score (nSPS) is 34.5. The van der Waals surface area contributed by atoms with E-state index in [1.807, 2.05) is 14.0 Å². The Hall–Kier alpha value is -0.900. The maximum Gasteiger partial charge on any atom is 0.243 e. The zero-order chi connectivity index (χ0) is 11.1. The minimum absolute atomic E-state index is 0.153. The minimum Gasteiger partial charge on any atom is -0.338 e. The molecule has 1 aromatic heterocycles. The fourth-order valence-electron chi connectivity index (χ4n) is 3.26. The Kier molecular flexibility index (Phi) is 2.46. The Morgan fingerprint density at radius 3 is 2.88 bits per heavy atom. The molecule has 88 valence electrons. The van der Waals surface area contributed by atoms with Gasteiger partial charge in [-0.15, -0.1) is 0 Å². The van der Waals surface area contributed by atoms with E-state index < -0.39 is 0 Å². The molecule has 4 unspecified atom stereocenters. The Morgan fingerprint density at radius 2 is 2.25 bits per heavy atom. The summed E-state index contributed by atoms with van der Waals surface area (Å²) in [5.41, 5.74) is 0. The molecule has 0 amide bonds. The van der Waals surface area contributed by atoms with Crippen LogP contribution >= 0.6 is 0 Å². The van der Waals surface area contributed by atoms with Gasteiger partial charge < -0.3 is 9.84 Å². The van der Waals surface area contributed by atoms with E-state index in [2.05, 4.69) is 15.5 Å². The maximum absolute atomic E-state index is 5.31. The average Bonchev–Trinajstić information content (AvgIpc) is 3.02. The third-order valence-corrected chi connectivity index (χ3v) is 4.33. The second-order valence-corrected chi connectivity index (χ2v) is 5.28. The lowest BCUT2D eigenvalue weighted by Gasteiger charge is -2.17. The van der Waals surface area contributed by atoms with Crippen molar-refractivity contribution in [1.82, 2.24) is 15.5 Å². The first-order valence-electron chi connectivity index (χ1n) is 6.28. The largest absolute Gasteiger partial charge is 0.338 e. The lowest BCUT2D eigenvalue weighted by molar-refractivity contribution is 0.332. The van der Waals surface area contributed by atoms with Crippen LogP contribution in [0.15, 0.2) is 4.52 Å². The van der Waals surface area contributed by atoms with Gasteiger partial charge in [0.25, 0.3) is 0 Å². The van der Waals surface area contributed by atoms with Gasteiger partial charge in [0.15, 0.2) is 5.82 Å². The minimum atomic E-state index is 0.153. The zero-order valence-electron chi connectivity index (χ0n) is 9.94. The smallest absolute Gasteiger partial charge is 0.243 e. The van der Waals surface area contributed by atoms with Gasteiger partial charge in [0.2, 0.25) is 5.89 Å². The highest BCUT2D eigenvalue weighted by Crippen LogP contribution is 2.52. The van der Waals surface area contributed by atoms with Crippen LogP contribution in [0.4, 0.5) is 0 Å². The van der Waals surface area contributed by atoms with E-state index in [4.69, 9.17) is 4.52 Å². The summed E-state index contributed by atoms with van der Waals surface area (Å²) in [6.45, 7) is 2.04. The van der Waals surface area contributed by atoms with Crippen LogP contribution in [0.25, 0.3) is 0 Å². The number of nitrogens with zero attached hydrogens (tertiary/aromatic N) is 2. The van der Waals surface area contributed by atoms with Crippen LogP contribution in [-0.4, -0.2) is 17.2 Å². The average molecular weight is 221 g/mol. The molecule has 0 aliphatic heterocycles. The van der Waals surface area contributed by atoms with Crippen LogP contribution in [0.3, 0.4) is 0 Å². The van der Waals surface area contributed by atoms with Crippen LogP contribution in [0.2, 0.25) is 0 Å². The van der Waals surface area contributed by atoms with Crippen molar-refractivity contribution >= 4 is 0 Å². The van der Waals surface area contributed by atoms with Gasteiger partial charge in [-0.2, -0.15) is 4.98 Å². The predicted molar refractivity (Wildman–Crippen MR) is 60.0 cm³/mol. The van der Waals surface area contributed by atoms with Gasteiger partial charge in [-0.3, -0.25) is 0 Å². The number of rotatable bonds is 3. The van der Waals surface area contributed by atoms with Gasteiger partial charge in [0.1, 0.15) is 0 Å². The third-order valence-electron chi connectivity index (χ3n) is 4.33. The number of hydrogen-bond acceptors (Lipinski definition) is 4. The summed E-state index contributed by atoms with van der Waals surface area (Å²) >= 11 is 0. The first-order valence-corrected chi connectivity index (χ1v) is 6.28. The summed E-state index contributed by atoms with van der Waals surface area (Å²) in [5, 5.41) is 7.28. The summed E-state index contributed by atoms with van der Waals surface area (Å²) in [5.74, 6) is 3.99. The van der Waals surface area contributed by atoms with Gasteiger partial charge in [-0.25, -0.2) is 0 Å². The molecule has 0 saturated heterocycles. The summed E-state index contributed by atoms with van der Waals surface area (Å²) < 4.78 is 5.31. The molecule has 16 heavy (non-hydrogen) atoms. The Morgan fingerprint density at radius 1 is 1.38 bits per heavy atom. The molecule has 0 spiro atoms. The summed E-state index contributed by atoms with van der Waals surface area (Å²) in [6, 6.07) is 0.153. The third kappa shape index (κ3) is 1.56. The van der Waals surface area contributed by atoms with Gasteiger partial charge in [-0.05, 0) is 45.1 Å². The van der Waals surface area contributed by atoms with E-state index >= 15 is 0 Å². The maximum atomic E-state index is 5.31. The molecule has 4 nitrogen and oxygen atoms in total. The van der Waals surface area contributed by atoms with E-state index in [-0.39, 0.29) is 6.04 Å². The molecule has 2 bridgehead atoms. The van der Waals surface area contributed by atoms with Gasteiger partial charge in [0.05, 0.1) is 6.04 Å². The van der Waals surface area contributed by atoms with Crippen molar-refractivity contribution in [1.29, 1.82) is 0 Å². The fourth-order valence-corrected chi connectivity index (χ4v) is 3.26. The molecular weight excluding hydrogens is 202 g/mol. The molecule has 2 aliphatic carbocycles. The topological polar surface area (TPSA) is 51.0 Å². The first kappa shape index (κ1) is 10.3. The Balaban J connectivity index is 1.77. The molecule has 1 aromatic rings. The van der Waals surface area contributed by atoms with Crippen molar-refractivity contribution in [2.24, 2.45) is 11.8 Å². The lowest BCUT2D eigenvalue weighted by Crippen LogP contribution is -2.13. The lowest BCUT2D eigenvalue weighted by atomic mass is 9.88. The Bertz CT molecular complexity index is 376. The fraction of sp³-hybridized carbons (Fsp3) is 0.833. The van der Waals surface area contributed by atoms with E-state index in [0.717, 1.165) is 23.6 Å². The molecule has 2 fully saturated rings. The van der Waals surface area contributed by atoms with Crippen LogP contribution in [0, 0.1) is 11.8 Å². The highest BCUT2D eigenvalue weighted by molar-refractivity contribution is 5.07. The standard InChI is InChI=1S/C12H19N3O/c1-7(13-2)12-14-11(15-16-12)10-6-8-3-4-9(10)5-8/h7-10,13H,3-6H2,1-2H3. The number of fused-ring (bicyclic) bond motifs is 2. The second-order valence-electron chi connectivity index (χ2n) is 5.28. The first-order chi connectivity index (χ1) is 7.78. The van der Waals surface area contributed by atoms with Crippen LogP contribution in [0.5, 0.6) is 0 Å². The summed E-state index contributed by atoms with van der Waals surface area (Å²) in [4.78, 5) is 4.54. The summed E-state index contributed by atoms with van der Waals surface area (Å²) in [6.07, 6.45) is 5.44. The highest BCUT2D eigenvalue weighted by atomic mass is 16.5. The van der Waals surface area contributed by atoms with Crippen molar-refractivity contribution < 1.29 is 4.52 Å². The molecule has 3 rings (SSSR count). The van der Waals surface area contributed by atoms with Crippen LogP contribution < -0.4 is 5.32 Å². The monoisotopic (exact) mass is 221 g/mol. The van der Waals surface area contributed by atoms with Crippen molar-refractivity contribution in [2.45, 2.75) is 44.6 Å². The molecule has 0 aromatic carbocycles. The van der Waals surface area contributed by atoms with Gasteiger partial charge >= 0.3 is 0 Å². The molecule has 4 heteroatoms. The van der Waals surface area contributed by atoms with Crippen molar-refractivity contribution in [2.75, 3.05) is 7.05 Å². The molecule has 1 heterocycles. The molecule has 1 N–H and O–H groups in total. The highest BCUT2D eigenvalue weighted by Gasteiger charge is 2.42. The summed E-state index contributed by atoms with van der Waals surface area (Å²) in [7, 11) is 1.91. The zero-order valence-corrected chi connectivity index (χ0v) is 9.94. The van der Waals surface area contributed by atoms with E-state index in [1.165, 1.54) is 25.7 Å². The Labute approximate surface area is 95.8 Å². The van der Waals surface area contributed by atoms with E-state index in [1.54, 1.807) is 0 Å². The van der Waals surface area contributed by atoms with Gasteiger partial charge in [-0.1, -0.05) is 11.6 Å². The van der Waals surface area contributed by atoms with Crippen molar-refractivity contribution in [3.8, 4) is 0 Å². The van der Waals surface area contributed by atoms with Crippen LogP contribution in [-0.2, 0) is 0 Å². The second kappa shape index (κ2) is 3.84. The number of aromatic nitrogens is 2. The number of nitrogens with one attached hydrogen (secondary N) is 1. The van der Waals surface area contributed by atoms with Crippen molar-refractivity contribution in [3.63, 3.8) is 0 Å². The SMILES string of the molecule is CNC(C)c1nc(C2CC3CCC2C3)no1. The molecular formula is C12H19N3O.